The van der Waals surface area contributed by atoms with E-state index < -0.39 is 28.4 Å². The van der Waals surface area contributed by atoms with Crippen molar-refractivity contribution in [3.63, 3.8) is 0 Å². The van der Waals surface area contributed by atoms with Crippen LogP contribution in [0.1, 0.15) is 145 Å². The van der Waals surface area contributed by atoms with Crippen molar-refractivity contribution in [1.82, 2.24) is 19.8 Å². The van der Waals surface area contributed by atoms with Crippen LogP contribution in [-0.2, 0) is 19.1 Å². The first-order chi connectivity index (χ1) is 29.8. The van der Waals surface area contributed by atoms with Gasteiger partial charge in [0.15, 0.2) is 10.4 Å². The van der Waals surface area contributed by atoms with Gasteiger partial charge in [0.1, 0.15) is 5.82 Å². The van der Waals surface area contributed by atoms with E-state index in [1.807, 2.05) is 30.4 Å². The highest BCUT2D eigenvalue weighted by atomic mass is 79.9. The topological polar surface area (TPSA) is 149 Å². The van der Waals surface area contributed by atoms with E-state index in [0.29, 0.717) is 34.4 Å². The second-order valence-electron chi connectivity index (χ2n) is 15.8. The van der Waals surface area contributed by atoms with Gasteiger partial charge in [0, 0.05) is 5.69 Å². The van der Waals surface area contributed by atoms with Crippen molar-refractivity contribution < 1.29 is 28.7 Å². The van der Waals surface area contributed by atoms with E-state index in [2.05, 4.69) is 58.6 Å². The standard InChI is InChI=1S/C38H46BrN3O4.C6H15N.C5H7NO3/c1-3-4-5-6-7-8-9-10-11-12-13-19-26-46-38(45)29-25-24-28(2)33(27-29)41-36(43)34(39)35-40-32-23-18-17-22-31(32)37(44)42(35)30-20-15-14-16-21-30;1-4-7(5-2)6-3;1-5(2)3(7)6-4(8)9-5/h14-18,20-25,27,34H,3-13,19,26H2,1-2H3,(H,41,43);4-6H2,1-3H3;1-2H3,(H,6,7,8). The van der Waals surface area contributed by atoms with Gasteiger partial charge in [-0.2, -0.15) is 0 Å². The molecule has 0 spiro atoms. The summed E-state index contributed by atoms with van der Waals surface area (Å²) in [5, 5.41) is 5.38. The van der Waals surface area contributed by atoms with Crippen LogP contribution in [0.25, 0.3) is 16.6 Å². The SMILES string of the molecule is CC1(C)OC(=O)NC1=O.CCCCCCCCCCCCCCOC(=O)c1ccc(C)c(NC(=O)C(Br)c2nc3ccccc3c(=O)n2-c2ccccc2)c1.CCN(CC)CC. The lowest BCUT2D eigenvalue weighted by atomic mass is 10.1. The lowest BCUT2D eigenvalue weighted by Gasteiger charge is -2.18. The first kappa shape index (κ1) is 51.5. The van der Waals surface area contributed by atoms with Crippen molar-refractivity contribution >= 4 is 56.4 Å². The summed E-state index contributed by atoms with van der Waals surface area (Å²) < 4.78 is 11.6. The van der Waals surface area contributed by atoms with Crippen molar-refractivity contribution in [1.29, 1.82) is 0 Å². The number of hydrogen-bond acceptors (Lipinski definition) is 9. The maximum atomic E-state index is 13.6. The van der Waals surface area contributed by atoms with Gasteiger partial charge in [-0.15, -0.1) is 0 Å². The molecule has 2 heterocycles. The number of benzene rings is 3. The van der Waals surface area contributed by atoms with Crippen molar-refractivity contribution in [2.45, 2.75) is 136 Å². The Morgan fingerprint density at radius 3 is 1.89 bits per heavy atom. The number of carbonyl (C=O) groups is 4. The van der Waals surface area contributed by atoms with Crippen LogP contribution in [-0.4, -0.2) is 70.2 Å². The zero-order valence-corrected chi connectivity index (χ0v) is 39.5. The largest absolute Gasteiger partial charge is 0.462 e. The molecule has 1 aromatic heterocycles. The quantitative estimate of drug-likeness (QED) is 0.0473. The van der Waals surface area contributed by atoms with Gasteiger partial charge in [0.05, 0.1) is 28.8 Å². The summed E-state index contributed by atoms with van der Waals surface area (Å²) in [7, 11) is 0. The molecule has 1 fully saturated rings. The molecule has 4 aromatic rings. The molecule has 12 nitrogen and oxygen atoms in total. The molecule has 2 N–H and O–H groups in total. The fourth-order valence-corrected chi connectivity index (χ4v) is 7.17. The molecule has 3 aromatic carbocycles. The number of aromatic nitrogens is 2. The number of alkyl carbamates (subject to hydrolysis) is 1. The van der Waals surface area contributed by atoms with Crippen LogP contribution < -0.4 is 16.2 Å². The zero-order valence-electron chi connectivity index (χ0n) is 37.9. The number of imide groups is 1. The highest BCUT2D eigenvalue weighted by molar-refractivity contribution is 9.09. The fourth-order valence-electron chi connectivity index (χ4n) is 6.75. The van der Waals surface area contributed by atoms with Crippen LogP contribution in [0.3, 0.4) is 0 Å². The number of nitrogens with zero attached hydrogens (tertiary/aromatic N) is 3. The number of halogens is 1. The van der Waals surface area contributed by atoms with E-state index in [1.54, 1.807) is 54.6 Å². The Balaban J connectivity index is 0.000000535. The third-order valence-electron chi connectivity index (χ3n) is 10.7. The molecule has 3 amide bonds. The number of rotatable bonds is 21. The van der Waals surface area contributed by atoms with Gasteiger partial charge < -0.3 is 19.7 Å². The molecule has 0 aliphatic carbocycles. The highest BCUT2D eigenvalue weighted by Gasteiger charge is 2.40. The van der Waals surface area contributed by atoms with E-state index in [0.717, 1.165) is 24.8 Å². The average molecular weight is 919 g/mol. The molecule has 1 atom stereocenters. The number of cyclic esters (lactones) is 1. The minimum atomic E-state index is -0.975. The number of fused-ring (bicyclic) bond motifs is 1. The number of alkyl halides is 1. The third-order valence-corrected chi connectivity index (χ3v) is 11.5. The van der Waals surface area contributed by atoms with E-state index in [1.165, 1.54) is 95.8 Å². The number of hydrogen-bond donors (Lipinski definition) is 2. The smallest absolute Gasteiger partial charge is 0.415 e. The Morgan fingerprint density at radius 2 is 1.37 bits per heavy atom. The van der Waals surface area contributed by atoms with Crippen LogP contribution >= 0.6 is 15.9 Å². The van der Waals surface area contributed by atoms with Gasteiger partial charge in [-0.3, -0.25) is 24.3 Å². The van der Waals surface area contributed by atoms with Gasteiger partial charge in [0.25, 0.3) is 11.5 Å². The number of aryl methyl sites for hydroxylation is 1. The number of amides is 3. The van der Waals surface area contributed by atoms with Crippen molar-refractivity contribution in [3.05, 3.63) is 100 Å². The van der Waals surface area contributed by atoms with Crippen LogP contribution in [0.15, 0.2) is 77.6 Å². The Morgan fingerprint density at radius 1 is 0.806 bits per heavy atom. The number of anilines is 1. The monoisotopic (exact) mass is 917 g/mol. The summed E-state index contributed by atoms with van der Waals surface area (Å²) in [6.45, 7) is 17.7. The second kappa shape index (κ2) is 27.2. The zero-order chi connectivity index (χ0) is 45.5. The summed E-state index contributed by atoms with van der Waals surface area (Å²) >= 11 is 3.51. The molecule has 5 rings (SSSR count). The molecule has 338 valence electrons. The molecule has 0 saturated carbocycles. The predicted molar refractivity (Wildman–Crippen MR) is 252 cm³/mol. The number of unbranched alkanes of at least 4 members (excludes halogenated alkanes) is 11. The molecule has 62 heavy (non-hydrogen) atoms. The Bertz CT molecular complexity index is 2080. The number of esters is 1. The summed E-state index contributed by atoms with van der Waals surface area (Å²) in [6.07, 6.45) is 14.3. The summed E-state index contributed by atoms with van der Waals surface area (Å²) in [5.74, 6) is -0.962. The average Bonchev–Trinajstić information content (AvgIpc) is 3.51. The van der Waals surface area contributed by atoms with Crippen molar-refractivity contribution in [2.24, 2.45) is 0 Å². The van der Waals surface area contributed by atoms with E-state index in [9.17, 15) is 24.0 Å². The highest BCUT2D eigenvalue weighted by Crippen LogP contribution is 2.28. The minimum absolute atomic E-state index is 0.253. The predicted octanol–water partition coefficient (Wildman–Crippen LogP) is 11.0. The second-order valence-corrected chi connectivity index (χ2v) is 16.8. The first-order valence-electron chi connectivity index (χ1n) is 22.3. The lowest BCUT2D eigenvalue weighted by Crippen LogP contribution is -2.32. The summed E-state index contributed by atoms with van der Waals surface area (Å²) in [6, 6.07) is 21.3. The number of nitrogens with one attached hydrogen (secondary N) is 2. The molecule has 1 aliphatic heterocycles. The molecule has 13 heteroatoms. The lowest BCUT2D eigenvalue weighted by molar-refractivity contribution is -0.128. The van der Waals surface area contributed by atoms with Crippen LogP contribution in [0.2, 0.25) is 0 Å². The molecule has 1 unspecified atom stereocenters. The number of para-hydroxylation sites is 2. The molecule has 0 bridgehead atoms. The molecular formula is C49H68BrN5O7. The van der Waals surface area contributed by atoms with Gasteiger partial charge in [-0.1, -0.05) is 151 Å². The minimum Gasteiger partial charge on any atom is -0.462 e. The van der Waals surface area contributed by atoms with Gasteiger partial charge in [0.2, 0.25) is 5.91 Å². The fraction of sp³-hybridized carbons (Fsp3) is 0.510. The van der Waals surface area contributed by atoms with Crippen LogP contribution in [0.4, 0.5) is 10.5 Å². The normalized spacial score (nSPS) is 13.3. The maximum Gasteiger partial charge on any atom is 0.415 e. The van der Waals surface area contributed by atoms with Gasteiger partial charge >= 0.3 is 12.1 Å². The Labute approximate surface area is 376 Å². The van der Waals surface area contributed by atoms with Gasteiger partial charge in [-0.25, -0.2) is 14.6 Å². The summed E-state index contributed by atoms with van der Waals surface area (Å²) in [5.41, 5.74) is 1.51. The number of ether oxygens (including phenoxy) is 2. The first-order valence-corrected chi connectivity index (χ1v) is 23.3. The van der Waals surface area contributed by atoms with Crippen LogP contribution in [0.5, 0.6) is 0 Å². The molecule has 0 radical (unpaired) electrons. The van der Waals surface area contributed by atoms with E-state index in [4.69, 9.17) is 9.72 Å². The third kappa shape index (κ3) is 16.4. The van der Waals surface area contributed by atoms with Crippen molar-refractivity contribution in [3.8, 4) is 5.69 Å². The molecular weight excluding hydrogens is 850 g/mol. The van der Waals surface area contributed by atoms with E-state index in [-0.39, 0.29) is 17.3 Å². The molecule has 1 aliphatic rings. The summed E-state index contributed by atoms with van der Waals surface area (Å²) in [4.78, 5) is 67.0. The van der Waals surface area contributed by atoms with Gasteiger partial charge in [-0.05, 0) is 88.8 Å². The maximum absolute atomic E-state index is 13.6. The van der Waals surface area contributed by atoms with E-state index >= 15 is 0 Å². The number of carbonyl (C=O) groups excluding carboxylic acids is 4. The van der Waals surface area contributed by atoms with Crippen LogP contribution in [0, 0.1) is 6.92 Å². The Hall–Kier alpha value is -4.88. The molecule has 1 saturated heterocycles. The van der Waals surface area contributed by atoms with Crippen molar-refractivity contribution in [2.75, 3.05) is 31.6 Å². The Kier molecular flexibility index (Phi) is 22.6.